The van der Waals surface area contributed by atoms with E-state index in [0.717, 1.165) is 6.54 Å². The van der Waals surface area contributed by atoms with E-state index >= 15 is 0 Å². The molecule has 3 N–H and O–H groups in total. The molecule has 6 heteroatoms. The molecule has 1 rings (SSSR count). The van der Waals surface area contributed by atoms with Crippen LogP contribution in [0.15, 0.2) is 0 Å². The van der Waals surface area contributed by atoms with Crippen molar-refractivity contribution < 1.29 is 12.6 Å². The predicted molar refractivity (Wildman–Crippen MR) is 35.5 cm³/mol. The predicted octanol–water partition coefficient (Wildman–Crippen LogP) is -1.43. The van der Waals surface area contributed by atoms with Crippen molar-refractivity contribution in [2.45, 2.75) is 12.5 Å². The maximum atomic E-state index is 10.3. The van der Waals surface area contributed by atoms with Crippen molar-refractivity contribution in [2.24, 2.45) is 5.14 Å². The van der Waals surface area contributed by atoms with Gasteiger partial charge in [0.2, 0.25) is 0 Å². The summed E-state index contributed by atoms with van der Waals surface area (Å²) >= 11 is 0. The SMILES string of the molecule is NS(=O)(=O)O[C@@H]1CCNC1. The highest BCUT2D eigenvalue weighted by Gasteiger charge is 2.19. The van der Waals surface area contributed by atoms with E-state index in [1.54, 1.807) is 0 Å². The van der Waals surface area contributed by atoms with Gasteiger partial charge in [-0.05, 0) is 13.0 Å². The summed E-state index contributed by atoms with van der Waals surface area (Å²) in [5.74, 6) is 0. The molecule has 1 heterocycles. The smallest absolute Gasteiger partial charge is 0.314 e. The van der Waals surface area contributed by atoms with Crippen LogP contribution in [-0.2, 0) is 14.5 Å². The topological polar surface area (TPSA) is 81.4 Å². The fourth-order valence-electron chi connectivity index (χ4n) is 0.900. The zero-order chi connectivity index (χ0) is 7.61. The average Bonchev–Trinajstić information content (AvgIpc) is 2.12. The largest absolute Gasteiger partial charge is 0.333 e. The van der Waals surface area contributed by atoms with Crippen LogP contribution in [0.1, 0.15) is 6.42 Å². The summed E-state index contributed by atoms with van der Waals surface area (Å²) in [7, 11) is -3.75. The first-order chi connectivity index (χ1) is 4.58. The minimum Gasteiger partial charge on any atom is -0.314 e. The van der Waals surface area contributed by atoms with Gasteiger partial charge in [0.05, 0.1) is 6.10 Å². The molecule has 0 aromatic rings. The van der Waals surface area contributed by atoms with Crippen LogP contribution in [0, 0.1) is 0 Å². The van der Waals surface area contributed by atoms with Crippen LogP contribution in [0.3, 0.4) is 0 Å². The second-order valence-electron chi connectivity index (χ2n) is 2.20. The van der Waals surface area contributed by atoms with Gasteiger partial charge in [-0.25, -0.2) is 5.14 Å². The zero-order valence-electron chi connectivity index (χ0n) is 5.41. The van der Waals surface area contributed by atoms with Crippen LogP contribution in [0.25, 0.3) is 0 Å². The fourth-order valence-corrected chi connectivity index (χ4v) is 1.44. The molecule has 0 aliphatic carbocycles. The Morgan fingerprint density at radius 2 is 2.30 bits per heavy atom. The Balaban J connectivity index is 2.38. The van der Waals surface area contributed by atoms with Crippen molar-refractivity contribution in [2.75, 3.05) is 13.1 Å². The van der Waals surface area contributed by atoms with Crippen molar-refractivity contribution in [3.05, 3.63) is 0 Å². The minimum absolute atomic E-state index is 0.269. The van der Waals surface area contributed by atoms with Crippen LogP contribution in [-0.4, -0.2) is 27.6 Å². The molecule has 60 valence electrons. The summed E-state index contributed by atoms with van der Waals surface area (Å²) < 4.78 is 25.1. The van der Waals surface area contributed by atoms with Crippen molar-refractivity contribution in [1.29, 1.82) is 0 Å². The van der Waals surface area contributed by atoms with Crippen LogP contribution < -0.4 is 10.5 Å². The molecule has 1 saturated heterocycles. The third-order valence-corrected chi connectivity index (χ3v) is 1.83. The van der Waals surface area contributed by atoms with Gasteiger partial charge >= 0.3 is 10.3 Å². The van der Waals surface area contributed by atoms with Gasteiger partial charge < -0.3 is 5.32 Å². The van der Waals surface area contributed by atoms with E-state index in [1.807, 2.05) is 0 Å². The number of nitrogens with one attached hydrogen (secondary N) is 1. The lowest BCUT2D eigenvalue weighted by atomic mass is 10.3. The van der Waals surface area contributed by atoms with Crippen molar-refractivity contribution in [3.63, 3.8) is 0 Å². The van der Waals surface area contributed by atoms with E-state index in [9.17, 15) is 8.42 Å². The summed E-state index contributed by atoms with van der Waals surface area (Å²) in [6.45, 7) is 1.36. The highest BCUT2D eigenvalue weighted by Crippen LogP contribution is 2.04. The molecular formula is C4H10N2O3S. The van der Waals surface area contributed by atoms with Crippen LogP contribution >= 0.6 is 0 Å². The number of hydrogen-bond donors (Lipinski definition) is 2. The Labute approximate surface area is 59.8 Å². The van der Waals surface area contributed by atoms with Crippen molar-refractivity contribution in [1.82, 2.24) is 5.32 Å². The molecule has 0 aromatic heterocycles. The van der Waals surface area contributed by atoms with Crippen molar-refractivity contribution in [3.8, 4) is 0 Å². The van der Waals surface area contributed by atoms with Gasteiger partial charge in [-0.1, -0.05) is 0 Å². The zero-order valence-corrected chi connectivity index (χ0v) is 6.23. The van der Waals surface area contributed by atoms with E-state index in [1.165, 1.54) is 0 Å². The van der Waals surface area contributed by atoms with E-state index in [4.69, 9.17) is 0 Å². The lowest BCUT2D eigenvalue weighted by Gasteiger charge is -2.05. The molecule has 1 atom stereocenters. The molecule has 1 aliphatic heterocycles. The Morgan fingerprint density at radius 1 is 1.60 bits per heavy atom. The van der Waals surface area contributed by atoms with Gasteiger partial charge in [-0.2, -0.15) is 8.42 Å². The molecule has 0 bridgehead atoms. The van der Waals surface area contributed by atoms with Gasteiger partial charge in [-0.15, -0.1) is 0 Å². The van der Waals surface area contributed by atoms with Gasteiger partial charge in [0.1, 0.15) is 0 Å². The number of nitrogens with two attached hydrogens (primary N) is 1. The summed E-state index contributed by atoms with van der Waals surface area (Å²) in [4.78, 5) is 0. The van der Waals surface area contributed by atoms with Gasteiger partial charge in [0, 0.05) is 6.54 Å². The van der Waals surface area contributed by atoms with Gasteiger partial charge in [0.25, 0.3) is 0 Å². The molecule has 0 radical (unpaired) electrons. The van der Waals surface area contributed by atoms with Crippen molar-refractivity contribution >= 4 is 10.3 Å². The van der Waals surface area contributed by atoms with E-state index < -0.39 is 10.3 Å². The number of rotatable bonds is 2. The van der Waals surface area contributed by atoms with Gasteiger partial charge in [-0.3, -0.25) is 4.18 Å². The average molecular weight is 166 g/mol. The van der Waals surface area contributed by atoms with Crippen LogP contribution in [0.2, 0.25) is 0 Å². The lowest BCUT2D eigenvalue weighted by molar-refractivity contribution is 0.230. The Kier molecular flexibility index (Phi) is 2.24. The highest BCUT2D eigenvalue weighted by molar-refractivity contribution is 7.84. The lowest BCUT2D eigenvalue weighted by Crippen LogP contribution is -2.25. The normalized spacial score (nSPS) is 27.1. The number of hydrogen-bond acceptors (Lipinski definition) is 4. The van der Waals surface area contributed by atoms with E-state index in [2.05, 4.69) is 14.6 Å². The maximum absolute atomic E-state index is 10.3. The Hall–Kier alpha value is -0.170. The first kappa shape index (κ1) is 7.93. The van der Waals surface area contributed by atoms with Crippen LogP contribution in [0.5, 0.6) is 0 Å². The third-order valence-electron chi connectivity index (χ3n) is 1.29. The molecule has 1 aliphatic rings. The highest BCUT2D eigenvalue weighted by atomic mass is 32.2. The molecule has 5 nitrogen and oxygen atoms in total. The Bertz CT molecular complexity index is 195. The first-order valence-corrected chi connectivity index (χ1v) is 4.47. The molecule has 10 heavy (non-hydrogen) atoms. The summed E-state index contributed by atoms with van der Waals surface area (Å²) in [5.41, 5.74) is 0. The summed E-state index contributed by atoms with van der Waals surface area (Å²) in [6.07, 6.45) is 0.436. The Morgan fingerprint density at radius 3 is 2.70 bits per heavy atom. The molecule has 0 saturated carbocycles. The molecule has 0 spiro atoms. The molecule has 1 fully saturated rings. The molecule has 0 unspecified atom stereocenters. The van der Waals surface area contributed by atoms with Gasteiger partial charge in [0.15, 0.2) is 0 Å². The third kappa shape index (κ3) is 2.61. The standard InChI is InChI=1S/C4H10N2O3S/c5-10(7,8)9-4-1-2-6-3-4/h4,6H,1-3H2,(H2,5,7,8)/t4-/m1/s1. The molecular weight excluding hydrogens is 156 g/mol. The molecule has 0 aromatic carbocycles. The van der Waals surface area contributed by atoms with E-state index in [0.29, 0.717) is 13.0 Å². The molecule has 0 amide bonds. The van der Waals surface area contributed by atoms with Crippen LogP contribution in [0.4, 0.5) is 0 Å². The summed E-state index contributed by atoms with van der Waals surface area (Å²) in [5, 5.41) is 7.59. The second kappa shape index (κ2) is 2.83. The maximum Gasteiger partial charge on any atom is 0.333 e. The second-order valence-corrected chi connectivity index (χ2v) is 3.38. The summed E-state index contributed by atoms with van der Waals surface area (Å²) in [6, 6.07) is 0. The minimum atomic E-state index is -3.75. The monoisotopic (exact) mass is 166 g/mol. The first-order valence-electron chi connectivity index (χ1n) is 3.00. The van der Waals surface area contributed by atoms with E-state index in [-0.39, 0.29) is 6.10 Å². The quantitative estimate of drug-likeness (QED) is 0.527. The fraction of sp³-hybridized carbons (Fsp3) is 1.00.